The van der Waals surface area contributed by atoms with Crippen LogP contribution in [0.25, 0.3) is 22.3 Å². The van der Waals surface area contributed by atoms with Crippen LogP contribution in [0.15, 0.2) is 60.9 Å². The number of aliphatic hydroxyl groups excluding tert-OH is 1. The molecule has 29 heavy (non-hydrogen) atoms. The maximum Gasteiger partial charge on any atom is 0.163 e. The fourth-order valence-corrected chi connectivity index (χ4v) is 3.05. The van der Waals surface area contributed by atoms with Crippen LogP contribution in [0, 0.1) is 5.82 Å². The zero-order valence-corrected chi connectivity index (χ0v) is 16.0. The van der Waals surface area contributed by atoms with Crippen molar-refractivity contribution in [1.82, 2.24) is 15.0 Å². The molecule has 0 unspecified atom stereocenters. The predicted molar refractivity (Wildman–Crippen MR) is 113 cm³/mol. The minimum Gasteiger partial charge on any atom is -0.395 e. The fraction of sp³-hybridized carbons (Fsp3) is 0.0952. The van der Waals surface area contributed by atoms with Crippen molar-refractivity contribution in [2.45, 2.75) is 0 Å². The molecule has 0 fully saturated rings. The zero-order chi connectivity index (χ0) is 20.2. The molecule has 0 bridgehead atoms. The number of aliphatic hydroxyl groups is 1. The Morgan fingerprint density at radius 2 is 1.90 bits per heavy atom. The third-order valence-electron chi connectivity index (χ3n) is 4.24. The molecule has 0 radical (unpaired) electrons. The average Bonchev–Trinajstić information content (AvgIpc) is 2.75. The summed E-state index contributed by atoms with van der Waals surface area (Å²) in [4.78, 5) is 13.4. The first-order valence-electron chi connectivity index (χ1n) is 8.93. The molecule has 0 amide bonds. The van der Waals surface area contributed by atoms with Gasteiger partial charge in [0.2, 0.25) is 0 Å². The molecule has 2 aromatic heterocycles. The summed E-state index contributed by atoms with van der Waals surface area (Å²) in [6.07, 6.45) is 3.38. The average molecular weight is 410 g/mol. The van der Waals surface area contributed by atoms with Crippen LogP contribution in [0.5, 0.6) is 0 Å². The number of aromatic nitrogens is 3. The van der Waals surface area contributed by atoms with E-state index in [2.05, 4.69) is 25.6 Å². The molecule has 0 spiro atoms. The molecule has 0 aliphatic rings. The summed E-state index contributed by atoms with van der Waals surface area (Å²) < 4.78 is 13.5. The highest BCUT2D eigenvalue weighted by Gasteiger charge is 2.12. The predicted octanol–water partition coefficient (Wildman–Crippen LogP) is 4.63. The van der Waals surface area contributed by atoms with Crippen molar-refractivity contribution in [3.63, 3.8) is 0 Å². The lowest BCUT2D eigenvalue weighted by molar-refractivity contribution is 0.311. The van der Waals surface area contributed by atoms with Crippen molar-refractivity contribution in [2.24, 2.45) is 0 Å². The van der Waals surface area contributed by atoms with Gasteiger partial charge >= 0.3 is 0 Å². The highest BCUT2D eigenvalue weighted by atomic mass is 35.5. The van der Waals surface area contributed by atoms with E-state index in [-0.39, 0.29) is 11.6 Å². The Kier molecular flexibility index (Phi) is 5.50. The minimum absolute atomic E-state index is 0.0196. The van der Waals surface area contributed by atoms with E-state index in [1.807, 2.05) is 30.3 Å². The quantitative estimate of drug-likeness (QED) is 0.430. The molecule has 4 aromatic rings. The number of rotatable bonds is 6. The van der Waals surface area contributed by atoms with Crippen molar-refractivity contribution in [1.29, 1.82) is 0 Å². The zero-order valence-electron chi connectivity index (χ0n) is 15.2. The molecular weight excluding hydrogens is 393 g/mol. The summed E-state index contributed by atoms with van der Waals surface area (Å²) in [5, 5.41) is 16.2. The van der Waals surface area contributed by atoms with Crippen LogP contribution in [0.1, 0.15) is 0 Å². The molecule has 0 saturated carbocycles. The van der Waals surface area contributed by atoms with Gasteiger partial charge in [0.25, 0.3) is 0 Å². The number of anilines is 3. The van der Waals surface area contributed by atoms with Crippen molar-refractivity contribution >= 4 is 39.7 Å². The van der Waals surface area contributed by atoms with Gasteiger partial charge in [-0.2, -0.15) is 0 Å². The summed E-state index contributed by atoms with van der Waals surface area (Å²) in [7, 11) is 0. The molecule has 0 saturated heterocycles. The van der Waals surface area contributed by atoms with Crippen molar-refractivity contribution in [3.05, 3.63) is 71.8 Å². The van der Waals surface area contributed by atoms with Gasteiger partial charge in [-0.05, 0) is 48.5 Å². The van der Waals surface area contributed by atoms with Crippen LogP contribution in [-0.2, 0) is 0 Å². The number of nitrogens with zero attached hydrogens (tertiary/aromatic N) is 3. The molecule has 0 atom stereocenters. The molecule has 146 valence electrons. The highest BCUT2D eigenvalue weighted by Crippen LogP contribution is 2.30. The number of halogens is 2. The van der Waals surface area contributed by atoms with E-state index in [0.29, 0.717) is 23.9 Å². The maximum atomic E-state index is 13.5. The lowest BCUT2D eigenvalue weighted by Crippen LogP contribution is -2.06. The lowest BCUT2D eigenvalue weighted by atomic mass is 10.1. The number of benzene rings is 2. The molecular formula is C21H17ClFN5O. The van der Waals surface area contributed by atoms with E-state index < -0.39 is 5.82 Å². The second-order valence-corrected chi connectivity index (χ2v) is 6.68. The van der Waals surface area contributed by atoms with E-state index in [4.69, 9.17) is 16.7 Å². The summed E-state index contributed by atoms with van der Waals surface area (Å²) >= 11 is 5.92. The second kappa shape index (κ2) is 8.38. The number of fused-ring (bicyclic) bond motifs is 1. The Hall–Kier alpha value is -3.29. The lowest BCUT2D eigenvalue weighted by Gasteiger charge is -2.13. The van der Waals surface area contributed by atoms with Gasteiger partial charge in [-0.1, -0.05) is 11.6 Å². The SMILES string of the molecule is OCCNc1ccc2nc(-c3cccnc3)nc(Nc3ccc(F)c(Cl)c3)c2c1. The Morgan fingerprint density at radius 1 is 1.03 bits per heavy atom. The second-order valence-electron chi connectivity index (χ2n) is 6.27. The monoisotopic (exact) mass is 409 g/mol. The van der Waals surface area contributed by atoms with E-state index in [1.165, 1.54) is 12.1 Å². The van der Waals surface area contributed by atoms with Gasteiger partial charge in [-0.15, -0.1) is 0 Å². The van der Waals surface area contributed by atoms with Gasteiger partial charge in [0, 0.05) is 41.3 Å². The van der Waals surface area contributed by atoms with E-state index in [0.717, 1.165) is 22.2 Å². The molecule has 3 N–H and O–H groups in total. The topological polar surface area (TPSA) is 83.0 Å². The number of pyridine rings is 1. The largest absolute Gasteiger partial charge is 0.395 e. The highest BCUT2D eigenvalue weighted by molar-refractivity contribution is 6.31. The number of hydrogen-bond acceptors (Lipinski definition) is 6. The number of nitrogens with one attached hydrogen (secondary N) is 2. The Bertz CT molecular complexity index is 1160. The van der Waals surface area contributed by atoms with Crippen LogP contribution in [0.2, 0.25) is 5.02 Å². The van der Waals surface area contributed by atoms with Gasteiger partial charge in [-0.3, -0.25) is 4.98 Å². The summed E-state index contributed by atoms with van der Waals surface area (Å²) in [5.74, 6) is 0.567. The standard InChI is InChI=1S/C21H17ClFN5O/c22-17-11-15(3-5-18(17)23)26-21-16-10-14(25-8-9-29)4-6-19(16)27-20(28-21)13-2-1-7-24-12-13/h1-7,10-12,25,29H,8-9H2,(H,26,27,28). The third-order valence-corrected chi connectivity index (χ3v) is 4.53. The molecule has 6 nitrogen and oxygen atoms in total. The van der Waals surface area contributed by atoms with Crippen LogP contribution in [0.3, 0.4) is 0 Å². The van der Waals surface area contributed by atoms with Crippen LogP contribution >= 0.6 is 11.6 Å². The summed E-state index contributed by atoms with van der Waals surface area (Å²) in [6.45, 7) is 0.449. The molecule has 2 heterocycles. The van der Waals surface area contributed by atoms with Gasteiger partial charge in [0.15, 0.2) is 5.82 Å². The first kappa shape index (κ1) is 19.0. The maximum absolute atomic E-state index is 13.5. The summed E-state index contributed by atoms with van der Waals surface area (Å²) in [6, 6.07) is 13.7. The normalized spacial score (nSPS) is 10.9. The van der Waals surface area contributed by atoms with Crippen LogP contribution in [0.4, 0.5) is 21.6 Å². The van der Waals surface area contributed by atoms with E-state index >= 15 is 0 Å². The first-order chi connectivity index (χ1) is 14.1. The van der Waals surface area contributed by atoms with Crippen LogP contribution in [-0.4, -0.2) is 33.2 Å². The molecule has 8 heteroatoms. The number of hydrogen-bond donors (Lipinski definition) is 3. The van der Waals surface area contributed by atoms with Crippen molar-refractivity contribution < 1.29 is 9.50 Å². The van der Waals surface area contributed by atoms with Crippen molar-refractivity contribution in [2.75, 3.05) is 23.8 Å². The summed E-state index contributed by atoms with van der Waals surface area (Å²) in [5.41, 5.74) is 2.92. The van der Waals surface area contributed by atoms with E-state index in [9.17, 15) is 4.39 Å². The molecule has 0 aliphatic carbocycles. The Labute approximate surface area is 171 Å². The minimum atomic E-state index is -0.490. The van der Waals surface area contributed by atoms with Gasteiger partial charge in [0.05, 0.1) is 17.1 Å². The van der Waals surface area contributed by atoms with E-state index in [1.54, 1.807) is 18.5 Å². The fourth-order valence-electron chi connectivity index (χ4n) is 2.87. The van der Waals surface area contributed by atoms with Gasteiger partial charge in [-0.25, -0.2) is 14.4 Å². The third kappa shape index (κ3) is 4.26. The van der Waals surface area contributed by atoms with Crippen molar-refractivity contribution in [3.8, 4) is 11.4 Å². The first-order valence-corrected chi connectivity index (χ1v) is 9.31. The van der Waals surface area contributed by atoms with Gasteiger partial charge in [0.1, 0.15) is 11.6 Å². The Balaban J connectivity index is 1.83. The smallest absolute Gasteiger partial charge is 0.163 e. The molecule has 4 rings (SSSR count). The molecule has 2 aromatic carbocycles. The Morgan fingerprint density at radius 3 is 2.66 bits per heavy atom. The van der Waals surface area contributed by atoms with Gasteiger partial charge < -0.3 is 15.7 Å². The molecule has 0 aliphatic heterocycles. The van der Waals surface area contributed by atoms with Crippen LogP contribution < -0.4 is 10.6 Å².